The Morgan fingerprint density at radius 3 is 1.19 bits per heavy atom. The fraction of sp³-hybridized carbons (Fsp3) is 0.711. The van der Waals surface area contributed by atoms with Crippen molar-refractivity contribution in [1.82, 2.24) is 42.5 Å². The highest BCUT2D eigenvalue weighted by molar-refractivity contribution is 7.80. The molecule has 0 aliphatic heterocycles. The maximum Gasteiger partial charge on any atom is 0.326 e. The van der Waals surface area contributed by atoms with Crippen LogP contribution >= 0.6 is 12.6 Å². The quantitative estimate of drug-likeness (QED) is 0.0118. The third kappa shape index (κ3) is 28.8. The molecule has 0 rings (SSSR count). The Balaban J connectivity index is 7.15. The predicted molar refractivity (Wildman–Crippen MR) is 291 cm³/mol. The van der Waals surface area contributed by atoms with E-state index in [0.29, 0.717) is 0 Å². The lowest BCUT2D eigenvalue weighted by atomic mass is 9.96. The van der Waals surface area contributed by atoms with Gasteiger partial charge in [-0.25, -0.2) is 4.79 Å². The first-order chi connectivity index (χ1) is 36.5. The molecule has 0 bridgehead atoms. The molecule has 0 aromatic heterocycles. The molecule has 444 valence electrons. The number of guanidine groups is 3. The lowest BCUT2D eigenvalue weighted by Crippen LogP contribution is -2.62. The molecule has 0 saturated carbocycles. The number of amides is 9. The molecule has 33 heteroatoms. The van der Waals surface area contributed by atoms with Gasteiger partial charge in [0.2, 0.25) is 53.2 Å². The van der Waals surface area contributed by atoms with Gasteiger partial charge in [-0.05, 0) is 70.1 Å². The highest BCUT2D eigenvalue weighted by atomic mass is 32.1. The van der Waals surface area contributed by atoms with Crippen LogP contribution in [0.15, 0.2) is 15.0 Å². The smallest absolute Gasteiger partial charge is 0.326 e. The highest BCUT2D eigenvalue weighted by Crippen LogP contribution is 2.13. The van der Waals surface area contributed by atoms with Crippen LogP contribution < -0.4 is 88.4 Å². The molecule has 78 heavy (non-hydrogen) atoms. The second-order valence-corrected chi connectivity index (χ2v) is 19.1. The monoisotopic (exact) mass is 1130 g/mol. The molecule has 27 N–H and O–H groups in total. The first-order valence-electron chi connectivity index (χ1n) is 25.2. The first-order valence-corrected chi connectivity index (χ1v) is 25.9. The molecule has 11 atom stereocenters. The Morgan fingerprint density at radius 1 is 0.500 bits per heavy atom. The number of primary amides is 1. The maximum absolute atomic E-state index is 14.4. The van der Waals surface area contributed by atoms with Crippen molar-refractivity contribution in [2.24, 2.45) is 72.7 Å². The van der Waals surface area contributed by atoms with Crippen LogP contribution in [0.25, 0.3) is 0 Å². The minimum absolute atomic E-state index is 0.0213. The van der Waals surface area contributed by atoms with E-state index in [-0.39, 0.29) is 107 Å². The van der Waals surface area contributed by atoms with E-state index in [1.165, 1.54) is 0 Å². The molecule has 9 amide bonds. The average molecular weight is 1130 g/mol. The summed E-state index contributed by atoms with van der Waals surface area (Å²) < 4.78 is 0. The summed E-state index contributed by atoms with van der Waals surface area (Å²) in [6.45, 7) is 6.87. The van der Waals surface area contributed by atoms with Crippen molar-refractivity contribution >= 4 is 89.6 Å². The van der Waals surface area contributed by atoms with Crippen molar-refractivity contribution in [3.05, 3.63) is 0 Å². The predicted octanol–water partition coefficient (Wildman–Crippen LogP) is -7.90. The lowest BCUT2D eigenvalue weighted by molar-refractivity contribution is -0.143. The van der Waals surface area contributed by atoms with Gasteiger partial charge in [0.25, 0.3) is 0 Å². The van der Waals surface area contributed by atoms with Crippen LogP contribution in [-0.2, 0) is 47.9 Å². The van der Waals surface area contributed by atoms with E-state index in [1.54, 1.807) is 27.7 Å². The zero-order valence-corrected chi connectivity index (χ0v) is 45.8. The van der Waals surface area contributed by atoms with Crippen molar-refractivity contribution in [2.45, 2.75) is 159 Å². The number of aliphatic hydroxyl groups is 2. The summed E-state index contributed by atoms with van der Waals surface area (Å²) in [6.07, 6.45) is -2.47. The molecule has 0 saturated heterocycles. The molecule has 32 nitrogen and oxygen atoms in total. The van der Waals surface area contributed by atoms with E-state index in [1.807, 2.05) is 0 Å². The van der Waals surface area contributed by atoms with Gasteiger partial charge in [-0.2, -0.15) is 12.6 Å². The number of nitrogens with zero attached hydrogens (tertiary/aromatic N) is 3. The Bertz CT molecular complexity index is 2090. The minimum atomic E-state index is -1.78. The number of aliphatic carboxylic acids is 1. The maximum atomic E-state index is 14.4. The summed E-state index contributed by atoms with van der Waals surface area (Å²) in [7, 11) is 0. The van der Waals surface area contributed by atoms with Gasteiger partial charge in [0, 0.05) is 31.8 Å². The molecule has 0 aliphatic carbocycles. The van der Waals surface area contributed by atoms with E-state index >= 15 is 0 Å². The highest BCUT2D eigenvalue weighted by Gasteiger charge is 2.37. The van der Waals surface area contributed by atoms with Crippen LogP contribution in [0.3, 0.4) is 0 Å². The number of nitrogens with two attached hydrogens (primary N) is 8. The fourth-order valence-electron chi connectivity index (χ4n) is 7.08. The Morgan fingerprint density at radius 2 is 0.846 bits per heavy atom. The molecule has 0 aromatic carbocycles. The zero-order chi connectivity index (χ0) is 59.8. The largest absolute Gasteiger partial charge is 0.480 e. The lowest BCUT2D eigenvalue weighted by Gasteiger charge is -2.30. The van der Waals surface area contributed by atoms with E-state index in [9.17, 15) is 63.3 Å². The van der Waals surface area contributed by atoms with Gasteiger partial charge in [0.1, 0.15) is 48.3 Å². The van der Waals surface area contributed by atoms with E-state index in [0.717, 1.165) is 6.92 Å². The number of rotatable bonds is 39. The summed E-state index contributed by atoms with van der Waals surface area (Å²) in [6, 6.07) is -13.4. The Kier molecular flexibility index (Phi) is 34.0. The number of thiol groups is 1. The zero-order valence-electron chi connectivity index (χ0n) is 44.9. The van der Waals surface area contributed by atoms with Gasteiger partial charge in [0.15, 0.2) is 17.9 Å². The number of aliphatic imine (C=N–C) groups is 3. The van der Waals surface area contributed by atoms with Crippen molar-refractivity contribution in [1.29, 1.82) is 0 Å². The Hall–Kier alpha value is -7.26. The van der Waals surface area contributed by atoms with Gasteiger partial charge in [-0.1, -0.05) is 34.1 Å². The van der Waals surface area contributed by atoms with Crippen molar-refractivity contribution in [3.8, 4) is 0 Å². The number of carboxylic acids is 1. The summed E-state index contributed by atoms with van der Waals surface area (Å²) in [5.41, 5.74) is 43.9. The number of carbonyl (C=O) groups is 10. The van der Waals surface area contributed by atoms with Gasteiger partial charge >= 0.3 is 5.97 Å². The van der Waals surface area contributed by atoms with E-state index < -0.39 is 139 Å². The van der Waals surface area contributed by atoms with Crippen LogP contribution in [-0.4, -0.2) is 185 Å². The summed E-state index contributed by atoms with van der Waals surface area (Å²) >= 11 is 3.93. The van der Waals surface area contributed by atoms with Crippen molar-refractivity contribution in [3.63, 3.8) is 0 Å². The molecule has 0 unspecified atom stereocenters. The first kappa shape index (κ1) is 70.7. The standard InChI is InChI=1S/C45H85N19O13S/c1-6-22(4)32(63-38(72)27(12-9-17-56-45(52)53)60-41(75)33(23(5)66)64-39(73)30(19-65)62-34(68)24(46)20-78)40(74)59-26(11-8-16-55-44(50)51)36(70)57-25(10-7-15-54-43(48)49)35(69)58-28(13-14-31(47)67)37(71)61-29(42(76)77)18-21(2)3/h21-30,32-33,65-66,78H,6-20,46H2,1-5H3,(H2,47,67)(H,57,70)(H,58,69)(H,59,74)(H,60,75)(H,61,71)(H,62,68)(H,63,72)(H,64,73)(H,76,77)(H4,48,49,54)(H4,50,51,55)(H4,52,53,56)/t22-,23+,24-,25-,26-,27-,28-,29-,30-,32-,33-/m0/s1. The average Bonchev–Trinajstić information content (AvgIpc) is 3.35. The van der Waals surface area contributed by atoms with Crippen LogP contribution in [0.2, 0.25) is 0 Å². The minimum Gasteiger partial charge on any atom is -0.480 e. The summed E-state index contributed by atoms with van der Waals surface area (Å²) in [4.78, 5) is 145. The molecule has 0 heterocycles. The van der Waals surface area contributed by atoms with Crippen LogP contribution in [0.5, 0.6) is 0 Å². The normalized spacial score (nSPS) is 15.2. The van der Waals surface area contributed by atoms with Gasteiger partial charge in [0.05, 0.1) is 18.8 Å². The molecular formula is C45H85N19O13S. The number of carbonyl (C=O) groups excluding carboxylic acids is 9. The van der Waals surface area contributed by atoms with Crippen molar-refractivity contribution < 1.29 is 63.3 Å². The molecule has 0 spiro atoms. The molecular weight excluding hydrogens is 1050 g/mol. The number of aliphatic hydroxyl groups excluding tert-OH is 2. The SMILES string of the molecule is CC[C@H](C)[C@H](NC(=O)[C@H](CCCN=C(N)N)NC(=O)[C@@H](NC(=O)[C@H](CO)NC(=O)[C@@H](N)CS)[C@@H](C)O)C(=O)N[C@@H](CCCN=C(N)N)C(=O)N[C@@H](CCCN=C(N)N)C(=O)N[C@@H](CCC(N)=O)C(=O)N[C@@H](CC(C)C)C(=O)O. The number of nitrogens with one attached hydrogen (secondary N) is 8. The van der Waals surface area contributed by atoms with Crippen LogP contribution in [0.1, 0.15) is 98.8 Å². The second-order valence-electron chi connectivity index (χ2n) is 18.8. The third-order valence-corrected chi connectivity index (χ3v) is 12.0. The number of hydrogen-bond donors (Lipinski definition) is 20. The fourth-order valence-corrected chi connectivity index (χ4v) is 7.24. The Labute approximate surface area is 458 Å². The molecule has 0 fully saturated rings. The third-order valence-electron chi connectivity index (χ3n) is 11.6. The van der Waals surface area contributed by atoms with Gasteiger partial charge in [-0.3, -0.25) is 58.1 Å². The van der Waals surface area contributed by atoms with Crippen LogP contribution in [0.4, 0.5) is 0 Å². The summed E-state index contributed by atoms with van der Waals surface area (Å²) in [5.74, 6) is -11.8. The molecule has 0 aliphatic rings. The molecule has 0 aromatic rings. The molecule has 0 radical (unpaired) electrons. The van der Waals surface area contributed by atoms with E-state index in [4.69, 9.17) is 45.9 Å². The second kappa shape index (κ2) is 37.5. The number of carboxylic acid groups (broad SMARTS) is 1. The summed E-state index contributed by atoms with van der Waals surface area (Å²) in [5, 5.41) is 49.8. The number of hydrogen-bond acceptors (Lipinski definition) is 17. The van der Waals surface area contributed by atoms with Gasteiger partial charge < -0.3 is 104 Å². The topological polar surface area (TPSA) is 573 Å². The van der Waals surface area contributed by atoms with Crippen LogP contribution in [0, 0.1) is 11.8 Å². The van der Waals surface area contributed by atoms with E-state index in [2.05, 4.69) is 70.1 Å². The van der Waals surface area contributed by atoms with Crippen molar-refractivity contribution in [2.75, 3.05) is 32.0 Å². The van der Waals surface area contributed by atoms with Gasteiger partial charge in [-0.15, -0.1) is 0 Å².